The summed E-state index contributed by atoms with van der Waals surface area (Å²) >= 11 is 1.65. The highest BCUT2D eigenvalue weighted by atomic mass is 32.2. The molecule has 0 bridgehead atoms. The summed E-state index contributed by atoms with van der Waals surface area (Å²) in [5, 5.41) is 6.77. The molecule has 0 saturated carbocycles. The number of thiazole rings is 1. The minimum atomic E-state index is -4.70. The predicted molar refractivity (Wildman–Crippen MR) is 153 cm³/mol. The van der Waals surface area contributed by atoms with Gasteiger partial charge in [0.15, 0.2) is 0 Å². The van der Waals surface area contributed by atoms with Gasteiger partial charge in [-0.15, -0.1) is 0 Å². The number of furan rings is 1. The minimum absolute atomic E-state index is 0.163. The Morgan fingerprint density at radius 2 is 1.75 bits per heavy atom. The maximum Gasteiger partial charge on any atom is 0.416 e. The number of halogens is 3. The number of hydrogen-bond acceptors (Lipinski definition) is 9. The number of carbonyl (C=O) groups is 3. The molecule has 4 heterocycles. The van der Waals surface area contributed by atoms with E-state index in [1.54, 1.807) is 12.1 Å². The highest BCUT2D eigenvalue weighted by molar-refractivity contribution is 8.00. The molecule has 0 aliphatic carbocycles. The molecule has 17 heteroatoms. The SMILES string of the molecule is NS(=O)(=O)c1ccc(NC(=O)Cn2c3c(sc2=O)C(c2ccco2)C2C(=O)N(c4cccc(C(F)(F)F)c4)C(=O)C2S3)cc1. The van der Waals surface area contributed by atoms with Gasteiger partial charge in [0, 0.05) is 5.69 Å². The molecule has 6 rings (SSSR count). The van der Waals surface area contributed by atoms with Gasteiger partial charge in [0.2, 0.25) is 27.7 Å². The van der Waals surface area contributed by atoms with E-state index in [9.17, 15) is 40.8 Å². The number of carbonyl (C=O) groups excluding carboxylic acids is 3. The standard InChI is InChI=1S/C27H19F3N4O7S3/c28-27(29,30)13-3-1-4-15(11-13)34-23(36)20-19(17-5-2-10-41-17)22-25(42-21(20)24(34)37)33(26(38)43-22)12-18(35)32-14-6-8-16(9-7-14)44(31,39)40/h1-11,19-21H,12H2,(H,32,35)(H2,31,39,40). The number of imide groups is 1. The Labute approximate surface area is 254 Å². The Morgan fingerprint density at radius 1 is 1.02 bits per heavy atom. The number of primary sulfonamides is 1. The summed E-state index contributed by atoms with van der Waals surface area (Å²) < 4.78 is 70.0. The summed E-state index contributed by atoms with van der Waals surface area (Å²) in [6, 6.07) is 12.1. The smallest absolute Gasteiger partial charge is 0.416 e. The second-order valence-electron chi connectivity index (χ2n) is 9.86. The Balaban J connectivity index is 1.34. The third-order valence-electron chi connectivity index (χ3n) is 7.10. The zero-order valence-corrected chi connectivity index (χ0v) is 24.4. The van der Waals surface area contributed by atoms with E-state index in [0.29, 0.717) is 4.88 Å². The van der Waals surface area contributed by atoms with Crippen molar-refractivity contribution in [1.82, 2.24) is 4.57 Å². The molecule has 44 heavy (non-hydrogen) atoms. The zero-order valence-electron chi connectivity index (χ0n) is 22.0. The number of hydrogen-bond donors (Lipinski definition) is 2. The number of anilines is 2. The third kappa shape index (κ3) is 5.25. The van der Waals surface area contributed by atoms with E-state index in [2.05, 4.69) is 5.32 Å². The second-order valence-corrected chi connectivity index (χ2v) is 13.5. The van der Waals surface area contributed by atoms with E-state index >= 15 is 0 Å². The molecular weight excluding hydrogens is 646 g/mol. The van der Waals surface area contributed by atoms with E-state index in [1.807, 2.05) is 0 Å². The lowest BCUT2D eigenvalue weighted by Crippen LogP contribution is -2.32. The minimum Gasteiger partial charge on any atom is -0.469 e. The van der Waals surface area contributed by atoms with Crippen molar-refractivity contribution in [1.29, 1.82) is 0 Å². The molecule has 3 amide bonds. The molecule has 4 aromatic rings. The summed E-state index contributed by atoms with van der Waals surface area (Å²) in [6.07, 6.45) is -3.35. The van der Waals surface area contributed by atoms with Gasteiger partial charge in [0.05, 0.1) is 44.1 Å². The quantitative estimate of drug-likeness (QED) is 0.296. The van der Waals surface area contributed by atoms with Crippen LogP contribution in [0.4, 0.5) is 24.5 Å². The Kier molecular flexibility index (Phi) is 7.30. The first kappa shape index (κ1) is 29.9. The topological polar surface area (TPSA) is 162 Å². The summed E-state index contributed by atoms with van der Waals surface area (Å²) in [7, 11) is -3.95. The number of benzene rings is 2. The molecular formula is C27H19F3N4O7S3. The molecule has 3 N–H and O–H groups in total. The van der Waals surface area contributed by atoms with Gasteiger partial charge in [0.1, 0.15) is 17.6 Å². The summed E-state index contributed by atoms with van der Waals surface area (Å²) in [5.74, 6) is -3.91. The first-order chi connectivity index (χ1) is 20.7. The van der Waals surface area contributed by atoms with Gasteiger partial charge in [-0.3, -0.25) is 23.7 Å². The van der Waals surface area contributed by atoms with Gasteiger partial charge in [0.25, 0.3) is 0 Å². The van der Waals surface area contributed by atoms with Crippen LogP contribution >= 0.6 is 23.1 Å². The maximum atomic E-state index is 13.8. The molecule has 2 aromatic carbocycles. The Bertz CT molecular complexity index is 1970. The van der Waals surface area contributed by atoms with Crippen LogP contribution in [0.5, 0.6) is 0 Å². The number of nitrogens with zero attached hydrogens (tertiary/aromatic N) is 2. The molecule has 3 atom stereocenters. The molecule has 2 aliphatic rings. The highest BCUT2D eigenvalue weighted by Gasteiger charge is 2.57. The lowest BCUT2D eigenvalue weighted by atomic mass is 9.87. The van der Waals surface area contributed by atoms with Crippen molar-refractivity contribution < 1.29 is 40.4 Å². The second kappa shape index (κ2) is 10.8. The number of alkyl halides is 3. The molecule has 1 saturated heterocycles. The average Bonchev–Trinajstić information content (AvgIpc) is 3.65. The van der Waals surface area contributed by atoms with Crippen LogP contribution in [0.1, 0.15) is 22.1 Å². The highest BCUT2D eigenvalue weighted by Crippen LogP contribution is 2.54. The van der Waals surface area contributed by atoms with Crippen molar-refractivity contribution in [3.05, 3.63) is 92.8 Å². The van der Waals surface area contributed by atoms with Crippen LogP contribution in [0.15, 0.2) is 86.1 Å². The number of nitrogens with one attached hydrogen (secondary N) is 1. The molecule has 0 radical (unpaired) electrons. The fourth-order valence-corrected chi connectivity index (χ4v) is 8.45. The van der Waals surface area contributed by atoms with E-state index in [0.717, 1.165) is 50.8 Å². The zero-order chi connectivity index (χ0) is 31.6. The monoisotopic (exact) mass is 664 g/mol. The summed E-state index contributed by atoms with van der Waals surface area (Å²) in [5.41, 5.74) is -1.04. The van der Waals surface area contributed by atoms with E-state index in [-0.39, 0.29) is 27.1 Å². The molecule has 2 aliphatic heterocycles. The van der Waals surface area contributed by atoms with Crippen LogP contribution in [0, 0.1) is 5.92 Å². The van der Waals surface area contributed by atoms with Crippen molar-refractivity contribution >= 4 is 62.2 Å². The van der Waals surface area contributed by atoms with E-state index in [1.165, 1.54) is 36.6 Å². The van der Waals surface area contributed by atoms with Gasteiger partial charge in [-0.25, -0.2) is 18.5 Å². The van der Waals surface area contributed by atoms with Crippen LogP contribution in [-0.4, -0.2) is 36.0 Å². The Hall–Kier alpha value is -4.19. The molecule has 0 spiro atoms. The van der Waals surface area contributed by atoms with Gasteiger partial charge in [-0.1, -0.05) is 29.2 Å². The van der Waals surface area contributed by atoms with Gasteiger partial charge in [-0.05, 0) is 54.6 Å². The van der Waals surface area contributed by atoms with Crippen LogP contribution < -0.4 is 20.2 Å². The van der Waals surface area contributed by atoms with Crippen LogP contribution in [-0.2, 0) is 37.1 Å². The van der Waals surface area contributed by atoms with Gasteiger partial charge in [-0.2, -0.15) is 13.2 Å². The molecule has 1 fully saturated rings. The van der Waals surface area contributed by atoms with Crippen LogP contribution in [0.25, 0.3) is 0 Å². The molecule has 11 nitrogen and oxygen atoms in total. The lowest BCUT2D eigenvalue weighted by molar-refractivity contribution is -0.137. The van der Waals surface area contributed by atoms with Crippen LogP contribution in [0.3, 0.4) is 0 Å². The number of aromatic nitrogens is 1. The maximum absolute atomic E-state index is 13.8. The molecule has 2 aromatic heterocycles. The van der Waals surface area contributed by atoms with Crippen molar-refractivity contribution in [3.8, 4) is 0 Å². The van der Waals surface area contributed by atoms with Crippen molar-refractivity contribution in [2.45, 2.75) is 33.8 Å². The largest absolute Gasteiger partial charge is 0.469 e. The number of sulfonamides is 1. The van der Waals surface area contributed by atoms with Gasteiger partial charge < -0.3 is 9.73 Å². The van der Waals surface area contributed by atoms with E-state index < -0.39 is 68.0 Å². The predicted octanol–water partition coefficient (Wildman–Crippen LogP) is 3.60. The molecule has 3 unspecified atom stereocenters. The number of nitrogens with two attached hydrogens (primary N) is 1. The normalized spacial score (nSPS) is 20.0. The number of rotatable bonds is 6. The number of amides is 3. The Morgan fingerprint density at radius 3 is 2.39 bits per heavy atom. The van der Waals surface area contributed by atoms with Crippen molar-refractivity contribution in [2.75, 3.05) is 10.2 Å². The fraction of sp³-hybridized carbons (Fsp3) is 0.185. The third-order valence-corrected chi connectivity index (χ3v) is 10.6. The first-order valence-electron chi connectivity index (χ1n) is 12.7. The van der Waals surface area contributed by atoms with E-state index in [4.69, 9.17) is 9.56 Å². The first-order valence-corrected chi connectivity index (χ1v) is 15.9. The molecule has 228 valence electrons. The number of fused-ring (bicyclic) bond motifs is 2. The van der Waals surface area contributed by atoms with Gasteiger partial charge >= 0.3 is 11.0 Å². The summed E-state index contributed by atoms with van der Waals surface area (Å²) in [4.78, 5) is 53.9. The van der Waals surface area contributed by atoms with Crippen LogP contribution in [0.2, 0.25) is 0 Å². The average molecular weight is 665 g/mol. The van der Waals surface area contributed by atoms with Crippen molar-refractivity contribution in [3.63, 3.8) is 0 Å². The number of thioether (sulfide) groups is 1. The lowest BCUT2D eigenvalue weighted by Gasteiger charge is -2.29. The van der Waals surface area contributed by atoms with Crippen molar-refractivity contribution in [2.24, 2.45) is 11.1 Å². The summed E-state index contributed by atoms with van der Waals surface area (Å²) in [6.45, 7) is -0.490. The fourth-order valence-electron chi connectivity index (χ4n) is 5.18.